The molecular weight excluding hydrogens is 288 g/mol. The maximum absolute atomic E-state index is 12.5. The lowest BCUT2D eigenvalue weighted by molar-refractivity contribution is 0.495. The monoisotopic (exact) mass is 314 g/mol. The molecule has 2 rings (SSSR count). The molecule has 1 saturated carbocycles. The molecular formula is C14H26N4O2S. The fourth-order valence-electron chi connectivity index (χ4n) is 3.18. The van der Waals surface area contributed by atoms with Crippen LogP contribution in [0.1, 0.15) is 43.5 Å². The minimum absolute atomic E-state index is 0.308. The first-order chi connectivity index (χ1) is 9.95. The Morgan fingerprint density at radius 3 is 2.62 bits per heavy atom. The summed E-state index contributed by atoms with van der Waals surface area (Å²) in [4.78, 5) is 0.308. The molecule has 3 N–H and O–H groups in total. The molecule has 1 aliphatic rings. The highest BCUT2D eigenvalue weighted by molar-refractivity contribution is 7.89. The molecule has 1 aromatic rings. The van der Waals surface area contributed by atoms with Gasteiger partial charge in [0.05, 0.1) is 17.9 Å². The molecule has 0 aromatic carbocycles. The van der Waals surface area contributed by atoms with Crippen LogP contribution in [0.2, 0.25) is 0 Å². The number of nitrogens with one attached hydrogen (secondary N) is 1. The van der Waals surface area contributed by atoms with Gasteiger partial charge in [-0.3, -0.25) is 4.68 Å². The number of hydrogen-bond acceptors (Lipinski definition) is 4. The van der Waals surface area contributed by atoms with Gasteiger partial charge in [-0.1, -0.05) is 25.7 Å². The Balaban J connectivity index is 2.04. The summed E-state index contributed by atoms with van der Waals surface area (Å²) in [5.74, 6) is 0.676. The molecule has 0 aliphatic heterocycles. The molecule has 21 heavy (non-hydrogen) atoms. The van der Waals surface area contributed by atoms with Crippen LogP contribution in [-0.4, -0.2) is 31.3 Å². The Labute approximate surface area is 127 Å². The lowest BCUT2D eigenvalue weighted by Gasteiger charge is -2.11. The SMILES string of the molecule is Cc1nn(CCN)c(C)c1S(=O)(=O)NCCC1CCCC1. The molecule has 0 bridgehead atoms. The van der Waals surface area contributed by atoms with Crippen molar-refractivity contribution in [3.63, 3.8) is 0 Å². The van der Waals surface area contributed by atoms with Gasteiger partial charge in [0.15, 0.2) is 0 Å². The minimum Gasteiger partial charge on any atom is -0.329 e. The van der Waals surface area contributed by atoms with Crippen molar-refractivity contribution in [2.24, 2.45) is 11.7 Å². The molecule has 1 fully saturated rings. The van der Waals surface area contributed by atoms with Crippen molar-refractivity contribution >= 4 is 10.0 Å². The largest absolute Gasteiger partial charge is 0.329 e. The van der Waals surface area contributed by atoms with E-state index >= 15 is 0 Å². The Kier molecular flexibility index (Phi) is 5.40. The van der Waals surface area contributed by atoms with E-state index in [1.807, 2.05) is 0 Å². The third kappa shape index (κ3) is 3.84. The van der Waals surface area contributed by atoms with Gasteiger partial charge in [-0.25, -0.2) is 13.1 Å². The van der Waals surface area contributed by atoms with Gasteiger partial charge >= 0.3 is 0 Å². The average Bonchev–Trinajstić information content (AvgIpc) is 2.99. The van der Waals surface area contributed by atoms with Gasteiger partial charge in [-0.05, 0) is 26.2 Å². The molecule has 7 heteroatoms. The molecule has 0 amide bonds. The maximum atomic E-state index is 12.5. The van der Waals surface area contributed by atoms with Crippen LogP contribution in [0.4, 0.5) is 0 Å². The highest BCUT2D eigenvalue weighted by atomic mass is 32.2. The summed E-state index contributed by atoms with van der Waals surface area (Å²) >= 11 is 0. The highest BCUT2D eigenvalue weighted by Gasteiger charge is 2.24. The van der Waals surface area contributed by atoms with Crippen LogP contribution < -0.4 is 10.5 Å². The van der Waals surface area contributed by atoms with Gasteiger partial charge in [0.25, 0.3) is 0 Å². The van der Waals surface area contributed by atoms with Crippen molar-refractivity contribution in [2.45, 2.75) is 57.4 Å². The van der Waals surface area contributed by atoms with Crippen molar-refractivity contribution in [1.29, 1.82) is 0 Å². The van der Waals surface area contributed by atoms with Crippen LogP contribution in [0.15, 0.2) is 4.90 Å². The predicted molar refractivity (Wildman–Crippen MR) is 82.5 cm³/mol. The molecule has 0 saturated heterocycles. The number of rotatable bonds is 7. The number of aryl methyl sites for hydroxylation is 1. The summed E-state index contributed by atoms with van der Waals surface area (Å²) in [5.41, 5.74) is 6.72. The fourth-order valence-corrected chi connectivity index (χ4v) is 4.63. The van der Waals surface area contributed by atoms with Crippen LogP contribution in [0.3, 0.4) is 0 Å². The van der Waals surface area contributed by atoms with E-state index in [2.05, 4.69) is 9.82 Å². The van der Waals surface area contributed by atoms with Crippen LogP contribution in [0.5, 0.6) is 0 Å². The van der Waals surface area contributed by atoms with Crippen LogP contribution in [-0.2, 0) is 16.6 Å². The van der Waals surface area contributed by atoms with Gasteiger partial charge < -0.3 is 5.73 Å². The van der Waals surface area contributed by atoms with Gasteiger partial charge in [0.1, 0.15) is 4.90 Å². The number of aromatic nitrogens is 2. The zero-order chi connectivity index (χ0) is 15.5. The molecule has 0 radical (unpaired) electrons. The number of sulfonamides is 1. The van der Waals surface area contributed by atoms with E-state index in [0.717, 1.165) is 6.42 Å². The topological polar surface area (TPSA) is 90.0 Å². The first kappa shape index (κ1) is 16.5. The zero-order valence-electron chi connectivity index (χ0n) is 12.9. The molecule has 0 spiro atoms. The van der Waals surface area contributed by atoms with Gasteiger partial charge in [0.2, 0.25) is 10.0 Å². The van der Waals surface area contributed by atoms with Gasteiger partial charge in [-0.15, -0.1) is 0 Å². The molecule has 0 atom stereocenters. The number of nitrogens with two attached hydrogens (primary N) is 1. The molecule has 1 aromatic heterocycles. The molecule has 1 heterocycles. The summed E-state index contributed by atoms with van der Waals surface area (Å²) in [6.45, 7) is 4.99. The fraction of sp³-hybridized carbons (Fsp3) is 0.786. The third-order valence-electron chi connectivity index (χ3n) is 4.24. The van der Waals surface area contributed by atoms with Crippen molar-refractivity contribution in [3.8, 4) is 0 Å². The van der Waals surface area contributed by atoms with E-state index in [0.29, 0.717) is 41.8 Å². The van der Waals surface area contributed by atoms with E-state index < -0.39 is 10.0 Å². The summed E-state index contributed by atoms with van der Waals surface area (Å²) in [7, 11) is -3.48. The van der Waals surface area contributed by atoms with E-state index in [1.165, 1.54) is 25.7 Å². The third-order valence-corrected chi connectivity index (χ3v) is 5.96. The van der Waals surface area contributed by atoms with Crippen molar-refractivity contribution in [1.82, 2.24) is 14.5 Å². The second-order valence-corrected chi connectivity index (χ2v) is 7.55. The second kappa shape index (κ2) is 6.89. The van der Waals surface area contributed by atoms with Gasteiger partial charge in [0, 0.05) is 13.1 Å². The first-order valence-corrected chi connectivity index (χ1v) is 9.17. The average molecular weight is 314 g/mol. The van der Waals surface area contributed by atoms with Crippen molar-refractivity contribution in [2.75, 3.05) is 13.1 Å². The standard InChI is InChI=1S/C14H26N4O2S/c1-11-14(12(2)18(17-11)10-8-15)21(19,20)16-9-7-13-5-3-4-6-13/h13,16H,3-10,15H2,1-2H3. The predicted octanol–water partition coefficient (Wildman–Crippen LogP) is 1.32. The quantitative estimate of drug-likeness (QED) is 0.794. The zero-order valence-corrected chi connectivity index (χ0v) is 13.7. The van der Waals surface area contributed by atoms with Gasteiger partial charge in [-0.2, -0.15) is 5.10 Å². The minimum atomic E-state index is -3.48. The van der Waals surface area contributed by atoms with Crippen molar-refractivity contribution < 1.29 is 8.42 Å². The normalized spacial score (nSPS) is 16.7. The van der Waals surface area contributed by atoms with Crippen LogP contribution in [0.25, 0.3) is 0 Å². The Morgan fingerprint density at radius 1 is 1.33 bits per heavy atom. The van der Waals surface area contributed by atoms with E-state index in [4.69, 9.17) is 5.73 Å². The summed E-state index contributed by atoms with van der Waals surface area (Å²) < 4.78 is 29.3. The maximum Gasteiger partial charge on any atom is 0.244 e. The smallest absolute Gasteiger partial charge is 0.244 e. The molecule has 6 nitrogen and oxygen atoms in total. The molecule has 0 unspecified atom stereocenters. The summed E-state index contributed by atoms with van der Waals surface area (Å²) in [6.07, 6.45) is 5.94. The summed E-state index contributed by atoms with van der Waals surface area (Å²) in [6, 6.07) is 0. The molecule has 120 valence electrons. The lowest BCUT2D eigenvalue weighted by atomic mass is 10.1. The van der Waals surface area contributed by atoms with Crippen molar-refractivity contribution in [3.05, 3.63) is 11.4 Å². The van der Waals surface area contributed by atoms with E-state index in [9.17, 15) is 8.42 Å². The Morgan fingerprint density at radius 2 is 2.00 bits per heavy atom. The number of nitrogens with zero attached hydrogens (tertiary/aromatic N) is 2. The van der Waals surface area contributed by atoms with E-state index in [-0.39, 0.29) is 0 Å². The van der Waals surface area contributed by atoms with E-state index in [1.54, 1.807) is 18.5 Å². The van der Waals surface area contributed by atoms with Crippen LogP contribution in [0, 0.1) is 19.8 Å². The Hall–Kier alpha value is -0.920. The molecule has 1 aliphatic carbocycles. The second-order valence-electron chi connectivity index (χ2n) is 5.85. The highest BCUT2D eigenvalue weighted by Crippen LogP contribution is 2.27. The number of hydrogen-bond donors (Lipinski definition) is 2. The lowest BCUT2D eigenvalue weighted by Crippen LogP contribution is -2.27. The Bertz CT molecular complexity index is 574. The first-order valence-electron chi connectivity index (χ1n) is 7.69. The summed E-state index contributed by atoms with van der Waals surface area (Å²) in [5, 5.41) is 4.27. The van der Waals surface area contributed by atoms with Crippen LogP contribution >= 0.6 is 0 Å².